The highest BCUT2D eigenvalue weighted by Gasteiger charge is 2.45. The zero-order valence-electron chi connectivity index (χ0n) is 12.4. The van der Waals surface area contributed by atoms with Crippen LogP contribution in [0.15, 0.2) is 17.8 Å². The van der Waals surface area contributed by atoms with Crippen molar-refractivity contribution in [3.63, 3.8) is 0 Å². The zero-order valence-corrected chi connectivity index (χ0v) is 14.1. The Balaban J connectivity index is 1.94. The number of hydrogen-bond donors (Lipinski definition) is 4. The highest BCUT2D eigenvalue weighted by Crippen LogP contribution is 2.40. The van der Waals surface area contributed by atoms with E-state index in [2.05, 4.69) is 36.8 Å². The largest absolute Gasteiger partial charge is 0.390 e. The third-order valence-electron chi connectivity index (χ3n) is 3.59. The third kappa shape index (κ3) is 3.56. The number of aliphatic hydroxyl groups is 1. The Labute approximate surface area is 144 Å². The predicted octanol–water partition coefficient (Wildman–Crippen LogP) is -0.429. The molecule has 0 saturated carbocycles. The summed E-state index contributed by atoms with van der Waals surface area (Å²) in [5.41, 5.74) is 15.1. The molecule has 3 heterocycles. The average Bonchev–Trinajstić information content (AvgIpc) is 3.09. The van der Waals surface area contributed by atoms with Crippen LogP contribution in [0.3, 0.4) is 0 Å². The summed E-state index contributed by atoms with van der Waals surface area (Å²) >= 11 is 4.36. The molecular weight excluding hydrogens is 375 g/mol. The number of hydrogen-bond acceptors (Lipinski definition) is 9. The Hall–Kier alpha value is -1.89. The predicted molar refractivity (Wildman–Crippen MR) is 87.3 cm³/mol. The van der Waals surface area contributed by atoms with Crippen molar-refractivity contribution in [2.75, 3.05) is 12.3 Å². The van der Waals surface area contributed by atoms with E-state index in [0.29, 0.717) is 11.2 Å². The van der Waals surface area contributed by atoms with Crippen molar-refractivity contribution < 1.29 is 24.2 Å². The molecule has 0 aromatic carbocycles. The fourth-order valence-corrected chi connectivity index (χ4v) is 3.03. The molecule has 13 nitrogen and oxygen atoms in total. The van der Waals surface area contributed by atoms with Gasteiger partial charge in [0.15, 0.2) is 11.5 Å². The summed E-state index contributed by atoms with van der Waals surface area (Å²) in [6.45, 7) is -4.32. The number of rotatable bonds is 5. The molecule has 1 saturated heterocycles. The van der Waals surface area contributed by atoms with E-state index in [1.54, 1.807) is 0 Å². The SMILES string of the molecule is [N-]=[N+]=N[C@@H]1[C@H](O)[C@@H](COP(O)(O)=S)O[C@H]1n1cnc2c(N)ncnc21. The van der Waals surface area contributed by atoms with E-state index in [9.17, 15) is 5.11 Å². The molecule has 1 aliphatic heterocycles. The lowest BCUT2D eigenvalue weighted by atomic mass is 10.1. The van der Waals surface area contributed by atoms with Gasteiger partial charge in [-0.1, -0.05) is 5.11 Å². The molecule has 4 atom stereocenters. The maximum absolute atomic E-state index is 10.3. The maximum atomic E-state index is 10.3. The number of anilines is 1. The first kappa shape index (κ1) is 17.9. The number of fused-ring (bicyclic) bond motifs is 1. The van der Waals surface area contributed by atoms with Crippen LogP contribution in [0.5, 0.6) is 0 Å². The smallest absolute Gasteiger partial charge is 0.321 e. The summed E-state index contributed by atoms with van der Waals surface area (Å²) in [4.78, 5) is 33.0. The molecule has 1 fully saturated rings. The van der Waals surface area contributed by atoms with Crippen LogP contribution in [0.4, 0.5) is 5.82 Å². The van der Waals surface area contributed by atoms with Crippen LogP contribution in [0, 0.1) is 0 Å². The molecule has 0 unspecified atom stereocenters. The molecule has 0 spiro atoms. The quantitative estimate of drug-likeness (QED) is 0.226. The third-order valence-corrected chi connectivity index (χ3v) is 4.39. The summed E-state index contributed by atoms with van der Waals surface area (Å²) < 4.78 is 11.8. The van der Waals surface area contributed by atoms with Crippen molar-refractivity contribution in [1.82, 2.24) is 19.5 Å². The summed E-state index contributed by atoms with van der Waals surface area (Å²) in [5.74, 6) is 0.156. The van der Waals surface area contributed by atoms with Gasteiger partial charge in [0.2, 0.25) is 0 Å². The molecule has 0 radical (unpaired) electrons. The standard InChI is InChI=1S/C10H13N8O5PS/c11-8-6-9(14-2-13-8)18(3-15-6)10-5(16-17-12)7(19)4(23-10)1-22-24(20,21)25/h2-5,7,10,19H,1H2,(H2,11,13,14)(H2,20,21,25)/t4-,5-,7-,10-/m1/s1. The summed E-state index contributed by atoms with van der Waals surface area (Å²) in [6.07, 6.45) is -0.664. The van der Waals surface area contributed by atoms with E-state index in [-0.39, 0.29) is 5.82 Å². The minimum Gasteiger partial charge on any atom is -0.390 e. The molecular formula is C10H13N8O5PS. The van der Waals surface area contributed by atoms with Crippen molar-refractivity contribution in [3.8, 4) is 0 Å². The first-order valence-corrected chi connectivity index (χ1v) is 9.45. The summed E-state index contributed by atoms with van der Waals surface area (Å²) in [7, 11) is 0. The van der Waals surface area contributed by atoms with Crippen molar-refractivity contribution in [3.05, 3.63) is 23.1 Å². The van der Waals surface area contributed by atoms with Gasteiger partial charge in [-0.25, -0.2) is 15.0 Å². The van der Waals surface area contributed by atoms with E-state index in [4.69, 9.17) is 30.3 Å². The Kier molecular flexibility index (Phi) is 4.86. The van der Waals surface area contributed by atoms with Gasteiger partial charge in [0, 0.05) is 4.91 Å². The molecule has 134 valence electrons. The van der Waals surface area contributed by atoms with E-state index in [0.717, 1.165) is 0 Å². The van der Waals surface area contributed by atoms with E-state index in [1.165, 1.54) is 17.2 Å². The van der Waals surface area contributed by atoms with Gasteiger partial charge < -0.3 is 29.9 Å². The van der Waals surface area contributed by atoms with Crippen LogP contribution in [-0.2, 0) is 21.1 Å². The average molecular weight is 388 g/mol. The minimum atomic E-state index is -3.92. The van der Waals surface area contributed by atoms with Crippen molar-refractivity contribution in [2.45, 2.75) is 24.5 Å². The molecule has 0 bridgehead atoms. The van der Waals surface area contributed by atoms with E-state index < -0.39 is 37.8 Å². The first-order chi connectivity index (χ1) is 11.8. The van der Waals surface area contributed by atoms with Crippen LogP contribution in [0.1, 0.15) is 6.23 Å². The Morgan fingerprint density at radius 2 is 2.24 bits per heavy atom. The number of azide groups is 1. The molecule has 2 aromatic rings. The molecule has 1 aliphatic rings. The van der Waals surface area contributed by atoms with Crippen LogP contribution in [0.2, 0.25) is 0 Å². The molecule has 25 heavy (non-hydrogen) atoms. The van der Waals surface area contributed by atoms with Gasteiger partial charge in [-0.3, -0.25) is 4.57 Å². The van der Waals surface area contributed by atoms with Crippen molar-refractivity contribution in [2.24, 2.45) is 5.11 Å². The Morgan fingerprint density at radius 1 is 1.48 bits per heavy atom. The van der Waals surface area contributed by atoms with E-state index in [1.807, 2.05) is 0 Å². The zero-order chi connectivity index (χ0) is 18.2. The molecule has 5 N–H and O–H groups in total. The fourth-order valence-electron chi connectivity index (χ4n) is 2.51. The van der Waals surface area contributed by atoms with Gasteiger partial charge in [0.05, 0.1) is 19.0 Å². The molecule has 0 amide bonds. The lowest BCUT2D eigenvalue weighted by Crippen LogP contribution is -2.32. The number of nitrogens with two attached hydrogens (primary N) is 1. The van der Waals surface area contributed by atoms with Crippen molar-refractivity contribution >= 4 is 35.5 Å². The lowest BCUT2D eigenvalue weighted by Gasteiger charge is -2.17. The van der Waals surface area contributed by atoms with Gasteiger partial charge in [0.25, 0.3) is 0 Å². The van der Waals surface area contributed by atoms with Gasteiger partial charge in [-0.05, 0) is 17.3 Å². The highest BCUT2D eigenvalue weighted by molar-refractivity contribution is 8.06. The van der Waals surface area contributed by atoms with Crippen LogP contribution < -0.4 is 5.73 Å². The second-order valence-corrected chi connectivity index (χ2v) is 7.79. The summed E-state index contributed by atoms with van der Waals surface area (Å²) in [5, 5.41) is 13.9. The van der Waals surface area contributed by atoms with Crippen LogP contribution >= 0.6 is 6.72 Å². The monoisotopic (exact) mass is 388 g/mol. The number of aliphatic hydroxyl groups excluding tert-OH is 1. The van der Waals surface area contributed by atoms with E-state index >= 15 is 0 Å². The first-order valence-electron chi connectivity index (χ1n) is 6.82. The fraction of sp³-hybridized carbons (Fsp3) is 0.500. The van der Waals surface area contributed by atoms with Gasteiger partial charge >= 0.3 is 6.72 Å². The van der Waals surface area contributed by atoms with Gasteiger partial charge in [-0.2, -0.15) is 0 Å². The lowest BCUT2D eigenvalue weighted by molar-refractivity contribution is -0.0404. The second kappa shape index (κ2) is 6.78. The molecule has 2 aromatic heterocycles. The Morgan fingerprint density at radius 3 is 2.92 bits per heavy atom. The topological polar surface area (TPSA) is 198 Å². The minimum absolute atomic E-state index is 0.156. The molecule has 0 aliphatic carbocycles. The molecule has 3 rings (SSSR count). The van der Waals surface area contributed by atoms with Crippen LogP contribution in [-0.4, -0.2) is 59.3 Å². The highest BCUT2D eigenvalue weighted by atomic mass is 32.5. The number of ether oxygens (including phenoxy) is 1. The number of nitrogens with zero attached hydrogens (tertiary/aromatic N) is 7. The Bertz CT molecular complexity index is 881. The number of nitrogen functional groups attached to an aromatic ring is 1. The number of aromatic nitrogens is 4. The van der Waals surface area contributed by atoms with Crippen LogP contribution in [0.25, 0.3) is 21.6 Å². The molecule has 15 heteroatoms. The normalized spacial score (nSPS) is 26.7. The second-order valence-electron chi connectivity index (χ2n) is 5.12. The number of imidazole rings is 1. The maximum Gasteiger partial charge on any atom is 0.321 e. The van der Waals surface area contributed by atoms with Crippen molar-refractivity contribution in [1.29, 1.82) is 0 Å². The van der Waals surface area contributed by atoms with Gasteiger partial charge in [-0.15, -0.1) is 0 Å². The van der Waals surface area contributed by atoms with Gasteiger partial charge in [0.1, 0.15) is 30.2 Å². The summed E-state index contributed by atoms with van der Waals surface area (Å²) in [6, 6.07) is -1.04.